The fraction of sp³-hybridized carbons (Fsp3) is 0.176. The second kappa shape index (κ2) is 6.39. The van der Waals surface area contributed by atoms with Gasteiger partial charge in [-0.25, -0.2) is 14.6 Å². The third-order valence-corrected chi connectivity index (χ3v) is 3.36. The van der Waals surface area contributed by atoms with Gasteiger partial charge in [-0.05, 0) is 43.7 Å². The molecule has 0 aliphatic heterocycles. The van der Waals surface area contributed by atoms with Crippen molar-refractivity contribution in [3.8, 4) is 5.69 Å². The maximum Gasteiger partial charge on any atom is 0.270 e. The highest BCUT2D eigenvalue weighted by Crippen LogP contribution is 2.09. The average molecular weight is 307 g/mol. The van der Waals surface area contributed by atoms with E-state index in [0.717, 1.165) is 16.9 Å². The highest BCUT2D eigenvalue weighted by Gasteiger charge is 2.09. The SMILES string of the molecule is Cc1cc(C(=O)NCc2ccc(-n3cccn3)cc2)nc(C)n1. The zero-order valence-electron chi connectivity index (χ0n) is 13.0. The largest absolute Gasteiger partial charge is 0.347 e. The molecule has 23 heavy (non-hydrogen) atoms. The van der Waals surface area contributed by atoms with E-state index in [9.17, 15) is 4.79 Å². The van der Waals surface area contributed by atoms with Crippen LogP contribution >= 0.6 is 0 Å². The molecule has 0 saturated heterocycles. The van der Waals surface area contributed by atoms with Crippen molar-refractivity contribution < 1.29 is 4.79 Å². The number of hydrogen-bond acceptors (Lipinski definition) is 4. The summed E-state index contributed by atoms with van der Waals surface area (Å²) < 4.78 is 1.79. The summed E-state index contributed by atoms with van der Waals surface area (Å²) in [6, 6.07) is 11.4. The fourth-order valence-corrected chi connectivity index (χ4v) is 2.29. The molecule has 0 aliphatic carbocycles. The number of amides is 1. The predicted octanol–water partition coefficient (Wildman–Crippen LogP) is 2.21. The summed E-state index contributed by atoms with van der Waals surface area (Å²) in [5.41, 5.74) is 3.17. The van der Waals surface area contributed by atoms with Crippen LogP contribution in [0.15, 0.2) is 48.8 Å². The summed E-state index contributed by atoms with van der Waals surface area (Å²) in [5.74, 6) is 0.397. The van der Waals surface area contributed by atoms with Crippen molar-refractivity contribution in [1.82, 2.24) is 25.1 Å². The lowest BCUT2D eigenvalue weighted by Gasteiger charge is -2.07. The third-order valence-electron chi connectivity index (χ3n) is 3.36. The molecule has 0 spiro atoms. The van der Waals surface area contributed by atoms with Gasteiger partial charge in [0.15, 0.2) is 0 Å². The number of aryl methyl sites for hydroxylation is 2. The van der Waals surface area contributed by atoms with Gasteiger partial charge in [0.1, 0.15) is 11.5 Å². The lowest BCUT2D eigenvalue weighted by Crippen LogP contribution is -2.24. The first-order chi connectivity index (χ1) is 11.1. The van der Waals surface area contributed by atoms with Gasteiger partial charge in [-0.1, -0.05) is 12.1 Å². The molecule has 2 heterocycles. The van der Waals surface area contributed by atoms with E-state index in [1.54, 1.807) is 23.9 Å². The van der Waals surface area contributed by atoms with Crippen LogP contribution in [-0.2, 0) is 6.54 Å². The molecular formula is C17H17N5O. The van der Waals surface area contributed by atoms with Crippen molar-refractivity contribution in [1.29, 1.82) is 0 Å². The summed E-state index contributed by atoms with van der Waals surface area (Å²) in [6.07, 6.45) is 3.62. The van der Waals surface area contributed by atoms with Gasteiger partial charge in [-0.3, -0.25) is 4.79 Å². The van der Waals surface area contributed by atoms with Gasteiger partial charge >= 0.3 is 0 Å². The molecule has 0 atom stereocenters. The Balaban J connectivity index is 1.65. The van der Waals surface area contributed by atoms with Crippen LogP contribution in [0.4, 0.5) is 0 Å². The quantitative estimate of drug-likeness (QED) is 0.802. The maximum absolute atomic E-state index is 12.2. The van der Waals surface area contributed by atoms with Gasteiger partial charge in [-0.15, -0.1) is 0 Å². The molecule has 3 rings (SSSR count). The minimum atomic E-state index is -0.199. The first-order valence-electron chi connectivity index (χ1n) is 7.31. The van der Waals surface area contributed by atoms with E-state index in [1.165, 1.54) is 0 Å². The lowest BCUT2D eigenvalue weighted by molar-refractivity contribution is 0.0945. The van der Waals surface area contributed by atoms with E-state index in [1.807, 2.05) is 43.5 Å². The summed E-state index contributed by atoms with van der Waals surface area (Å²) in [4.78, 5) is 20.5. The normalized spacial score (nSPS) is 10.5. The van der Waals surface area contributed by atoms with Crippen LogP contribution in [0.5, 0.6) is 0 Å². The van der Waals surface area contributed by atoms with Crippen molar-refractivity contribution in [2.75, 3.05) is 0 Å². The molecule has 0 unspecified atom stereocenters. The summed E-state index contributed by atoms with van der Waals surface area (Å²) >= 11 is 0. The van der Waals surface area contributed by atoms with E-state index in [4.69, 9.17) is 0 Å². The number of hydrogen-bond donors (Lipinski definition) is 1. The van der Waals surface area contributed by atoms with Crippen molar-refractivity contribution in [3.63, 3.8) is 0 Å². The molecule has 6 heteroatoms. The van der Waals surface area contributed by atoms with Gasteiger partial charge in [-0.2, -0.15) is 5.10 Å². The predicted molar refractivity (Wildman–Crippen MR) is 86.2 cm³/mol. The molecule has 0 fully saturated rings. The number of rotatable bonds is 4. The Morgan fingerprint density at radius 1 is 1.17 bits per heavy atom. The highest BCUT2D eigenvalue weighted by molar-refractivity contribution is 5.92. The summed E-state index contributed by atoms with van der Waals surface area (Å²) in [6.45, 7) is 4.07. The number of nitrogens with one attached hydrogen (secondary N) is 1. The van der Waals surface area contributed by atoms with Crippen molar-refractivity contribution >= 4 is 5.91 Å². The van der Waals surface area contributed by atoms with Gasteiger partial charge in [0.2, 0.25) is 0 Å². The second-order valence-electron chi connectivity index (χ2n) is 5.24. The molecule has 0 saturated carbocycles. The molecule has 3 aromatic rings. The Morgan fingerprint density at radius 3 is 2.61 bits per heavy atom. The smallest absolute Gasteiger partial charge is 0.270 e. The Bertz CT molecular complexity index is 789. The average Bonchev–Trinajstić information content (AvgIpc) is 3.06. The van der Waals surface area contributed by atoms with Crippen molar-refractivity contribution in [2.45, 2.75) is 20.4 Å². The number of benzene rings is 1. The van der Waals surface area contributed by atoms with Gasteiger partial charge in [0, 0.05) is 24.6 Å². The van der Waals surface area contributed by atoms with Crippen LogP contribution in [0.1, 0.15) is 27.6 Å². The van der Waals surface area contributed by atoms with E-state index < -0.39 is 0 Å². The van der Waals surface area contributed by atoms with E-state index in [-0.39, 0.29) is 5.91 Å². The zero-order chi connectivity index (χ0) is 16.2. The molecule has 0 radical (unpaired) electrons. The molecular weight excluding hydrogens is 290 g/mol. The van der Waals surface area contributed by atoms with Gasteiger partial charge in [0.25, 0.3) is 5.91 Å². The molecule has 0 aliphatic rings. The van der Waals surface area contributed by atoms with Crippen LogP contribution in [-0.4, -0.2) is 25.7 Å². The van der Waals surface area contributed by atoms with Crippen LogP contribution < -0.4 is 5.32 Å². The standard InChI is InChI=1S/C17H17N5O/c1-12-10-16(21-13(2)20-12)17(23)18-11-14-4-6-15(7-5-14)22-9-3-8-19-22/h3-10H,11H2,1-2H3,(H,18,23). The molecule has 2 aromatic heterocycles. The van der Waals surface area contributed by atoms with Crippen molar-refractivity contribution in [3.05, 3.63) is 71.6 Å². The van der Waals surface area contributed by atoms with Crippen LogP contribution in [0.3, 0.4) is 0 Å². The first-order valence-corrected chi connectivity index (χ1v) is 7.31. The highest BCUT2D eigenvalue weighted by atomic mass is 16.1. The van der Waals surface area contributed by atoms with E-state index in [0.29, 0.717) is 18.1 Å². The Kier molecular flexibility index (Phi) is 4.14. The van der Waals surface area contributed by atoms with Gasteiger partial charge in [0.05, 0.1) is 5.69 Å². The number of carbonyl (C=O) groups is 1. The molecule has 1 amide bonds. The van der Waals surface area contributed by atoms with Crippen LogP contribution in [0.25, 0.3) is 5.69 Å². The van der Waals surface area contributed by atoms with E-state index >= 15 is 0 Å². The molecule has 1 aromatic carbocycles. The van der Waals surface area contributed by atoms with Crippen LogP contribution in [0, 0.1) is 13.8 Å². The third kappa shape index (κ3) is 3.60. The maximum atomic E-state index is 12.2. The zero-order valence-corrected chi connectivity index (χ0v) is 13.0. The molecule has 116 valence electrons. The topological polar surface area (TPSA) is 72.7 Å². The Hall–Kier alpha value is -3.02. The van der Waals surface area contributed by atoms with E-state index in [2.05, 4.69) is 20.4 Å². The minimum absolute atomic E-state index is 0.199. The minimum Gasteiger partial charge on any atom is -0.347 e. The van der Waals surface area contributed by atoms with Crippen LogP contribution in [0.2, 0.25) is 0 Å². The second-order valence-corrected chi connectivity index (χ2v) is 5.24. The molecule has 1 N–H and O–H groups in total. The Morgan fingerprint density at radius 2 is 1.96 bits per heavy atom. The number of nitrogens with zero attached hydrogens (tertiary/aromatic N) is 4. The first kappa shape index (κ1) is 14.9. The van der Waals surface area contributed by atoms with Gasteiger partial charge < -0.3 is 5.32 Å². The lowest BCUT2D eigenvalue weighted by atomic mass is 10.2. The van der Waals surface area contributed by atoms with Crippen molar-refractivity contribution in [2.24, 2.45) is 0 Å². The summed E-state index contributed by atoms with van der Waals surface area (Å²) in [5, 5.41) is 7.05. The Labute approximate surface area is 134 Å². The molecule has 6 nitrogen and oxygen atoms in total. The summed E-state index contributed by atoms with van der Waals surface area (Å²) in [7, 11) is 0. The monoisotopic (exact) mass is 307 g/mol. The molecule has 0 bridgehead atoms. The fourth-order valence-electron chi connectivity index (χ4n) is 2.29. The number of aromatic nitrogens is 4. The number of carbonyl (C=O) groups excluding carboxylic acids is 1.